The molecule has 0 nitrogen and oxygen atoms in total. The average molecular weight is 423 g/mol. The molecule has 158 valence electrons. The van der Waals surface area contributed by atoms with Gasteiger partial charge >= 0.3 is 0 Å². The maximum absolute atomic E-state index is 2.50. The molecule has 0 heteroatoms. The fraction of sp³-hybridized carbons (Fsp3) is 0.152. The molecule has 0 atom stereocenters. The second-order valence-corrected chi connectivity index (χ2v) is 10.1. The molecule has 0 bridgehead atoms. The molecule has 0 N–H and O–H groups in total. The lowest BCUT2D eigenvalue weighted by Gasteiger charge is -2.22. The van der Waals surface area contributed by atoms with Gasteiger partial charge in [-0.1, -0.05) is 86.7 Å². The Balaban J connectivity index is 1.62. The highest BCUT2D eigenvalue weighted by Crippen LogP contribution is 2.50. The highest BCUT2D eigenvalue weighted by atomic mass is 14.4. The topological polar surface area (TPSA) is 0 Å². The monoisotopic (exact) mass is 422 g/mol. The Bertz CT molecular complexity index is 1730. The van der Waals surface area contributed by atoms with E-state index in [1.54, 1.807) is 0 Å². The van der Waals surface area contributed by atoms with Crippen LogP contribution in [0.3, 0.4) is 0 Å². The van der Waals surface area contributed by atoms with Crippen LogP contribution in [0.4, 0.5) is 0 Å². The molecule has 0 unspecified atom stereocenters. The summed E-state index contributed by atoms with van der Waals surface area (Å²) < 4.78 is 0. The first-order chi connectivity index (χ1) is 16.1. The van der Waals surface area contributed by atoms with Crippen LogP contribution in [0, 0.1) is 0 Å². The Labute approximate surface area is 194 Å². The van der Waals surface area contributed by atoms with Crippen molar-refractivity contribution in [1.29, 1.82) is 0 Å². The fourth-order valence-electron chi connectivity index (χ4n) is 6.15. The van der Waals surface area contributed by atoms with E-state index >= 15 is 0 Å². The maximum Gasteiger partial charge on any atom is 0.0159 e. The molecule has 0 spiro atoms. The number of fused-ring (bicyclic) bond motifs is 6. The lowest BCUT2D eigenvalue weighted by Crippen LogP contribution is -2.29. The summed E-state index contributed by atoms with van der Waals surface area (Å²) in [4.78, 5) is 0. The third-order valence-corrected chi connectivity index (χ3v) is 7.83. The van der Waals surface area contributed by atoms with Crippen LogP contribution in [0.25, 0.3) is 56.0 Å². The van der Waals surface area contributed by atoms with E-state index in [-0.39, 0.29) is 5.41 Å². The van der Waals surface area contributed by atoms with Crippen molar-refractivity contribution < 1.29 is 0 Å². The van der Waals surface area contributed by atoms with Gasteiger partial charge in [0.15, 0.2) is 0 Å². The molecular formula is C33H26. The summed E-state index contributed by atoms with van der Waals surface area (Å²) in [7, 11) is 0. The van der Waals surface area contributed by atoms with Crippen LogP contribution in [0.5, 0.6) is 0 Å². The van der Waals surface area contributed by atoms with E-state index in [2.05, 4.69) is 111 Å². The molecule has 5 aromatic rings. The molecule has 0 aliphatic heterocycles. The predicted molar refractivity (Wildman–Crippen MR) is 142 cm³/mol. The fourth-order valence-corrected chi connectivity index (χ4v) is 6.15. The van der Waals surface area contributed by atoms with Crippen LogP contribution in [0.1, 0.15) is 37.8 Å². The molecule has 0 fully saturated rings. The van der Waals surface area contributed by atoms with Gasteiger partial charge in [-0.3, -0.25) is 0 Å². The van der Waals surface area contributed by atoms with Gasteiger partial charge in [-0.15, -0.1) is 0 Å². The van der Waals surface area contributed by atoms with Crippen molar-refractivity contribution in [2.24, 2.45) is 0 Å². The van der Waals surface area contributed by atoms with E-state index in [1.165, 1.54) is 65.4 Å². The first-order valence-corrected chi connectivity index (χ1v) is 12.0. The molecule has 2 aliphatic rings. The van der Waals surface area contributed by atoms with Crippen molar-refractivity contribution in [2.75, 3.05) is 0 Å². The normalized spacial score (nSPS) is 15.5. The Morgan fingerprint density at radius 1 is 0.606 bits per heavy atom. The summed E-state index contributed by atoms with van der Waals surface area (Å²) >= 11 is 0. The van der Waals surface area contributed by atoms with Gasteiger partial charge in [0.05, 0.1) is 0 Å². The standard InChI is InChI=1S/C33H26/c1-33(2)30-14-8-7-13-27(30)29-19-25-18-23-11-5-6-12-26(23)32(28(25)20-31(29)33)24-16-15-21-9-3-4-10-22(21)17-24/h3-4,7-20H,5-6H2,1-2H3. The minimum absolute atomic E-state index is 0.00646. The SMILES string of the molecule is CC1(C)c2ccccc2-c2cc3cc4c(c(-c5ccc6ccccc6c5)c3cc21)=CCCC=4. The third kappa shape index (κ3) is 2.64. The van der Waals surface area contributed by atoms with E-state index in [4.69, 9.17) is 0 Å². The van der Waals surface area contributed by atoms with Crippen molar-refractivity contribution >= 4 is 33.7 Å². The molecule has 0 radical (unpaired) electrons. The van der Waals surface area contributed by atoms with Crippen LogP contribution in [-0.4, -0.2) is 0 Å². The smallest absolute Gasteiger partial charge is 0.0159 e. The van der Waals surface area contributed by atoms with Crippen LogP contribution >= 0.6 is 0 Å². The molecule has 33 heavy (non-hydrogen) atoms. The van der Waals surface area contributed by atoms with E-state index in [1.807, 2.05) is 0 Å². The highest BCUT2D eigenvalue weighted by molar-refractivity contribution is 6.03. The van der Waals surface area contributed by atoms with Crippen molar-refractivity contribution in [2.45, 2.75) is 32.1 Å². The first kappa shape index (κ1) is 18.9. The molecular weight excluding hydrogens is 396 g/mol. The lowest BCUT2D eigenvalue weighted by molar-refractivity contribution is 0.661. The van der Waals surface area contributed by atoms with E-state index in [0.717, 1.165) is 12.8 Å². The molecule has 0 saturated carbocycles. The molecule has 0 amide bonds. The Morgan fingerprint density at radius 3 is 2.30 bits per heavy atom. The largest absolute Gasteiger partial charge is 0.0763 e. The van der Waals surface area contributed by atoms with Crippen LogP contribution < -0.4 is 10.4 Å². The quantitative estimate of drug-likeness (QED) is 0.265. The Hall–Kier alpha value is -3.64. The summed E-state index contributed by atoms with van der Waals surface area (Å²) in [5, 5.41) is 8.09. The van der Waals surface area contributed by atoms with Crippen LogP contribution in [0.2, 0.25) is 0 Å². The van der Waals surface area contributed by atoms with Crippen molar-refractivity contribution in [3.63, 3.8) is 0 Å². The Morgan fingerprint density at radius 2 is 1.39 bits per heavy atom. The minimum Gasteiger partial charge on any atom is -0.0763 e. The highest BCUT2D eigenvalue weighted by Gasteiger charge is 2.35. The summed E-state index contributed by atoms with van der Waals surface area (Å²) in [6, 6.07) is 31.9. The van der Waals surface area contributed by atoms with Gasteiger partial charge in [0.25, 0.3) is 0 Å². The number of hydrogen-bond acceptors (Lipinski definition) is 0. The zero-order valence-electron chi connectivity index (χ0n) is 19.2. The van der Waals surface area contributed by atoms with Crippen molar-refractivity contribution in [1.82, 2.24) is 0 Å². The summed E-state index contributed by atoms with van der Waals surface area (Å²) in [6.45, 7) is 4.75. The summed E-state index contributed by atoms with van der Waals surface area (Å²) in [6.07, 6.45) is 7.11. The van der Waals surface area contributed by atoms with Gasteiger partial charge in [0, 0.05) is 5.41 Å². The summed E-state index contributed by atoms with van der Waals surface area (Å²) in [5.41, 5.74) is 8.37. The second-order valence-electron chi connectivity index (χ2n) is 10.1. The van der Waals surface area contributed by atoms with Crippen LogP contribution in [0.15, 0.2) is 84.9 Å². The van der Waals surface area contributed by atoms with Crippen molar-refractivity contribution in [3.05, 3.63) is 106 Å². The average Bonchev–Trinajstić information content (AvgIpc) is 3.07. The van der Waals surface area contributed by atoms with Gasteiger partial charge in [0.2, 0.25) is 0 Å². The number of hydrogen-bond donors (Lipinski definition) is 0. The van der Waals surface area contributed by atoms with E-state index in [0.29, 0.717) is 0 Å². The van der Waals surface area contributed by atoms with Gasteiger partial charge < -0.3 is 0 Å². The van der Waals surface area contributed by atoms with Gasteiger partial charge in [-0.25, -0.2) is 0 Å². The number of benzene rings is 5. The molecule has 7 rings (SSSR count). The van der Waals surface area contributed by atoms with Gasteiger partial charge in [0.1, 0.15) is 0 Å². The molecule has 0 aromatic heterocycles. The third-order valence-electron chi connectivity index (χ3n) is 7.83. The maximum atomic E-state index is 2.50. The second kappa shape index (κ2) is 6.68. The first-order valence-electron chi connectivity index (χ1n) is 12.0. The minimum atomic E-state index is 0.00646. The zero-order valence-corrected chi connectivity index (χ0v) is 19.2. The molecule has 2 aliphatic carbocycles. The predicted octanol–water partition coefficient (Wildman–Crippen LogP) is 7.32. The van der Waals surface area contributed by atoms with E-state index < -0.39 is 0 Å². The van der Waals surface area contributed by atoms with Crippen molar-refractivity contribution in [3.8, 4) is 22.3 Å². The molecule has 0 heterocycles. The number of rotatable bonds is 1. The lowest BCUT2D eigenvalue weighted by atomic mass is 9.81. The van der Waals surface area contributed by atoms with Crippen LogP contribution in [-0.2, 0) is 5.41 Å². The molecule has 5 aromatic carbocycles. The van der Waals surface area contributed by atoms with Gasteiger partial charge in [-0.2, -0.15) is 0 Å². The molecule has 0 saturated heterocycles. The zero-order chi connectivity index (χ0) is 22.2. The van der Waals surface area contributed by atoms with E-state index in [9.17, 15) is 0 Å². The Kier molecular flexibility index (Phi) is 3.82. The van der Waals surface area contributed by atoms with Gasteiger partial charge in [-0.05, 0) is 102 Å². The summed E-state index contributed by atoms with van der Waals surface area (Å²) in [5.74, 6) is 0.